The summed E-state index contributed by atoms with van der Waals surface area (Å²) < 4.78 is 0. The van der Waals surface area contributed by atoms with Gasteiger partial charge in [-0.3, -0.25) is 0 Å². The lowest BCUT2D eigenvalue weighted by molar-refractivity contribution is 0.979. The molecule has 1 rings (SSSR count). The highest BCUT2D eigenvalue weighted by molar-refractivity contribution is 6.30. The Balaban J connectivity index is 3.25. The zero-order valence-corrected chi connectivity index (χ0v) is 6.89. The summed E-state index contributed by atoms with van der Waals surface area (Å²) in [7, 11) is 0. The molecule has 0 saturated heterocycles. The van der Waals surface area contributed by atoms with Crippen molar-refractivity contribution in [2.75, 3.05) is 5.73 Å². The van der Waals surface area contributed by atoms with Crippen LogP contribution in [0.4, 0.5) is 5.82 Å². The Labute approximate surface area is 69.6 Å². The summed E-state index contributed by atoms with van der Waals surface area (Å²) in [5.74, 6) is 0.926. The van der Waals surface area contributed by atoms with Crippen LogP contribution in [-0.2, 0) is 6.54 Å². The Morgan fingerprint density at radius 1 is 1.45 bits per heavy atom. The first kappa shape index (κ1) is 8.23. The topological polar surface area (TPSA) is 77.8 Å². The van der Waals surface area contributed by atoms with E-state index >= 15 is 0 Å². The number of aromatic nitrogens is 2. The largest absolute Gasteiger partial charge is 0.383 e. The van der Waals surface area contributed by atoms with E-state index in [-0.39, 0.29) is 6.54 Å². The SMILES string of the molecule is Cc1nc(N)c(CN)c(Cl)n1. The Morgan fingerprint density at radius 3 is 2.55 bits per heavy atom. The molecule has 0 aliphatic carbocycles. The summed E-state index contributed by atoms with van der Waals surface area (Å²) in [6.07, 6.45) is 0. The number of aryl methyl sites for hydroxylation is 1. The number of rotatable bonds is 1. The molecule has 1 aromatic rings. The van der Waals surface area contributed by atoms with E-state index in [0.717, 1.165) is 0 Å². The van der Waals surface area contributed by atoms with Gasteiger partial charge in [-0.25, -0.2) is 9.97 Å². The quantitative estimate of drug-likeness (QED) is 0.604. The van der Waals surface area contributed by atoms with Gasteiger partial charge < -0.3 is 11.5 Å². The van der Waals surface area contributed by atoms with Gasteiger partial charge >= 0.3 is 0 Å². The number of anilines is 1. The minimum absolute atomic E-state index is 0.269. The molecule has 0 aliphatic heterocycles. The molecule has 0 amide bonds. The van der Waals surface area contributed by atoms with Crippen LogP contribution in [0, 0.1) is 6.92 Å². The molecule has 11 heavy (non-hydrogen) atoms. The van der Waals surface area contributed by atoms with E-state index < -0.39 is 0 Å². The van der Waals surface area contributed by atoms with Gasteiger partial charge in [-0.15, -0.1) is 0 Å². The molecule has 4 nitrogen and oxygen atoms in total. The van der Waals surface area contributed by atoms with Crippen molar-refractivity contribution in [3.63, 3.8) is 0 Å². The van der Waals surface area contributed by atoms with Crippen LogP contribution in [0.2, 0.25) is 5.15 Å². The first-order chi connectivity index (χ1) is 5.15. The zero-order chi connectivity index (χ0) is 8.43. The highest BCUT2D eigenvalue weighted by Crippen LogP contribution is 2.16. The second-order valence-corrected chi connectivity index (χ2v) is 2.49. The molecule has 0 atom stereocenters. The standard InChI is InChI=1S/C6H9ClN4/c1-3-10-5(7)4(2-8)6(9)11-3/h2,8H2,1H3,(H2,9,10,11). The van der Waals surface area contributed by atoms with Crippen molar-refractivity contribution in [1.29, 1.82) is 0 Å². The highest BCUT2D eigenvalue weighted by Gasteiger charge is 2.05. The average molecular weight is 173 g/mol. The van der Waals surface area contributed by atoms with Crippen molar-refractivity contribution in [3.8, 4) is 0 Å². The predicted octanol–water partition coefficient (Wildman–Crippen LogP) is 0.479. The minimum atomic E-state index is 0.269. The number of nitrogens with zero attached hydrogens (tertiary/aromatic N) is 2. The maximum atomic E-state index is 5.72. The number of hydrogen-bond acceptors (Lipinski definition) is 4. The van der Waals surface area contributed by atoms with Gasteiger partial charge in [-0.05, 0) is 6.92 Å². The number of nitrogens with two attached hydrogens (primary N) is 2. The molecule has 0 aliphatic rings. The van der Waals surface area contributed by atoms with E-state index in [2.05, 4.69) is 9.97 Å². The average Bonchev–Trinajstić information content (AvgIpc) is 1.85. The van der Waals surface area contributed by atoms with Crippen LogP contribution in [0.25, 0.3) is 0 Å². The normalized spacial score (nSPS) is 10.1. The first-order valence-corrected chi connectivity index (χ1v) is 3.51. The van der Waals surface area contributed by atoms with Gasteiger partial charge in [0.25, 0.3) is 0 Å². The lowest BCUT2D eigenvalue weighted by Gasteiger charge is -2.03. The lowest BCUT2D eigenvalue weighted by Crippen LogP contribution is -2.07. The van der Waals surface area contributed by atoms with Crippen molar-refractivity contribution in [2.24, 2.45) is 5.73 Å². The maximum Gasteiger partial charge on any atom is 0.139 e. The molecule has 4 N–H and O–H groups in total. The summed E-state index contributed by atoms with van der Waals surface area (Å²) in [6, 6.07) is 0. The van der Waals surface area contributed by atoms with Gasteiger partial charge in [0.1, 0.15) is 16.8 Å². The summed E-state index contributed by atoms with van der Waals surface area (Å²) in [6.45, 7) is 1.99. The molecule has 1 aromatic heterocycles. The predicted molar refractivity (Wildman–Crippen MR) is 44.1 cm³/mol. The molecule has 0 aromatic carbocycles. The molecule has 0 spiro atoms. The number of hydrogen-bond donors (Lipinski definition) is 2. The third-order valence-corrected chi connectivity index (χ3v) is 1.62. The molecule has 5 heteroatoms. The van der Waals surface area contributed by atoms with Crippen LogP contribution in [0.15, 0.2) is 0 Å². The second kappa shape index (κ2) is 3.02. The number of halogens is 1. The van der Waals surface area contributed by atoms with Crippen molar-refractivity contribution >= 4 is 17.4 Å². The summed E-state index contributed by atoms with van der Waals surface area (Å²) >= 11 is 5.72. The molecule has 0 saturated carbocycles. The van der Waals surface area contributed by atoms with Crippen molar-refractivity contribution in [1.82, 2.24) is 9.97 Å². The molecular weight excluding hydrogens is 164 g/mol. The van der Waals surface area contributed by atoms with E-state index in [4.69, 9.17) is 23.1 Å². The molecule has 0 fully saturated rings. The fourth-order valence-corrected chi connectivity index (χ4v) is 1.07. The fourth-order valence-electron chi connectivity index (χ4n) is 0.771. The van der Waals surface area contributed by atoms with Gasteiger partial charge in [0, 0.05) is 12.1 Å². The minimum Gasteiger partial charge on any atom is -0.383 e. The Kier molecular flexibility index (Phi) is 2.26. The monoisotopic (exact) mass is 172 g/mol. The van der Waals surface area contributed by atoms with Crippen molar-refractivity contribution in [3.05, 3.63) is 16.5 Å². The molecular formula is C6H9ClN4. The Hall–Kier alpha value is -0.870. The summed E-state index contributed by atoms with van der Waals surface area (Å²) in [4.78, 5) is 7.81. The van der Waals surface area contributed by atoms with Gasteiger partial charge in [0.15, 0.2) is 0 Å². The zero-order valence-electron chi connectivity index (χ0n) is 6.13. The van der Waals surface area contributed by atoms with E-state index in [1.807, 2.05) is 0 Å². The molecule has 0 unspecified atom stereocenters. The van der Waals surface area contributed by atoms with Gasteiger partial charge in [-0.1, -0.05) is 11.6 Å². The fraction of sp³-hybridized carbons (Fsp3) is 0.333. The first-order valence-electron chi connectivity index (χ1n) is 3.13. The van der Waals surface area contributed by atoms with Crippen LogP contribution in [0.1, 0.15) is 11.4 Å². The molecule has 0 radical (unpaired) electrons. The van der Waals surface area contributed by atoms with Crippen LogP contribution in [0.5, 0.6) is 0 Å². The van der Waals surface area contributed by atoms with Crippen molar-refractivity contribution in [2.45, 2.75) is 13.5 Å². The lowest BCUT2D eigenvalue weighted by atomic mass is 10.3. The van der Waals surface area contributed by atoms with E-state index in [1.54, 1.807) is 6.92 Å². The molecule has 60 valence electrons. The second-order valence-electron chi connectivity index (χ2n) is 2.13. The van der Waals surface area contributed by atoms with Gasteiger partial charge in [0.05, 0.1) is 0 Å². The summed E-state index contributed by atoms with van der Waals surface area (Å²) in [5.41, 5.74) is 11.5. The number of nitrogen functional groups attached to an aromatic ring is 1. The van der Waals surface area contributed by atoms with Gasteiger partial charge in [0.2, 0.25) is 0 Å². The van der Waals surface area contributed by atoms with Crippen LogP contribution < -0.4 is 11.5 Å². The van der Waals surface area contributed by atoms with E-state index in [9.17, 15) is 0 Å². The third-order valence-electron chi connectivity index (χ3n) is 1.30. The molecule has 0 bridgehead atoms. The molecule has 1 heterocycles. The van der Waals surface area contributed by atoms with E-state index in [1.165, 1.54) is 0 Å². The maximum absolute atomic E-state index is 5.72. The van der Waals surface area contributed by atoms with E-state index in [0.29, 0.717) is 22.4 Å². The Morgan fingerprint density at radius 2 is 2.09 bits per heavy atom. The van der Waals surface area contributed by atoms with Crippen LogP contribution in [-0.4, -0.2) is 9.97 Å². The van der Waals surface area contributed by atoms with Gasteiger partial charge in [-0.2, -0.15) is 0 Å². The summed E-state index contributed by atoms with van der Waals surface area (Å²) in [5, 5.41) is 0.345. The van der Waals surface area contributed by atoms with Crippen molar-refractivity contribution < 1.29 is 0 Å². The highest BCUT2D eigenvalue weighted by atomic mass is 35.5. The van der Waals surface area contributed by atoms with Crippen LogP contribution in [0.3, 0.4) is 0 Å². The smallest absolute Gasteiger partial charge is 0.139 e. The Bertz CT molecular complexity index is 250. The van der Waals surface area contributed by atoms with Crippen LogP contribution >= 0.6 is 11.6 Å². The third kappa shape index (κ3) is 1.58.